The van der Waals surface area contributed by atoms with Gasteiger partial charge in [-0.15, -0.1) is 0 Å². The molecule has 0 bridgehead atoms. The molecule has 0 aromatic heterocycles. The van der Waals surface area contributed by atoms with E-state index in [0.717, 1.165) is 33.5 Å². The molecule has 2 rings (SSSR count). The first kappa shape index (κ1) is 15.2. The van der Waals surface area contributed by atoms with E-state index in [0.29, 0.717) is 11.7 Å². The highest BCUT2D eigenvalue weighted by molar-refractivity contribution is 5.61. The Labute approximate surface area is 122 Å². The van der Waals surface area contributed by atoms with Gasteiger partial charge < -0.3 is 14.3 Å². The number of rotatable bonds is 2. The van der Waals surface area contributed by atoms with Gasteiger partial charge in [-0.25, -0.2) is 0 Å². The standard InChI is InChI=1S/C17H27NO2/c1-10-11(2)16-14(12(3)15(10)19)13(9-18(6,7)8)17(4,5)20-16/h13H,9H2,1-8H3/p+1. The average molecular weight is 278 g/mol. The van der Waals surface area contributed by atoms with Crippen molar-refractivity contribution in [3.05, 3.63) is 22.3 Å². The van der Waals surface area contributed by atoms with Crippen LogP contribution in [0.25, 0.3) is 0 Å². The molecule has 1 aromatic carbocycles. The van der Waals surface area contributed by atoms with Crippen molar-refractivity contribution in [1.29, 1.82) is 0 Å². The van der Waals surface area contributed by atoms with Crippen molar-refractivity contribution >= 4 is 0 Å². The van der Waals surface area contributed by atoms with E-state index < -0.39 is 0 Å². The van der Waals surface area contributed by atoms with Crippen LogP contribution in [-0.4, -0.2) is 42.9 Å². The zero-order valence-electron chi connectivity index (χ0n) is 14.1. The van der Waals surface area contributed by atoms with Gasteiger partial charge in [-0.1, -0.05) is 0 Å². The van der Waals surface area contributed by atoms with Crippen molar-refractivity contribution in [3.63, 3.8) is 0 Å². The minimum Gasteiger partial charge on any atom is -0.507 e. The number of quaternary nitrogens is 1. The summed E-state index contributed by atoms with van der Waals surface area (Å²) in [6, 6.07) is 0. The number of aromatic hydroxyl groups is 1. The lowest BCUT2D eigenvalue weighted by molar-refractivity contribution is -0.872. The van der Waals surface area contributed by atoms with Crippen molar-refractivity contribution in [3.8, 4) is 11.5 Å². The van der Waals surface area contributed by atoms with Gasteiger partial charge >= 0.3 is 0 Å². The Morgan fingerprint density at radius 2 is 1.60 bits per heavy atom. The van der Waals surface area contributed by atoms with Gasteiger partial charge in [-0.05, 0) is 51.3 Å². The van der Waals surface area contributed by atoms with Crippen LogP contribution < -0.4 is 4.74 Å². The van der Waals surface area contributed by atoms with E-state index in [-0.39, 0.29) is 5.60 Å². The molecule has 3 nitrogen and oxygen atoms in total. The van der Waals surface area contributed by atoms with Crippen molar-refractivity contribution < 1.29 is 14.3 Å². The molecular weight excluding hydrogens is 250 g/mol. The first-order chi connectivity index (χ1) is 8.96. The van der Waals surface area contributed by atoms with E-state index in [2.05, 4.69) is 35.0 Å². The number of phenols is 1. The fraction of sp³-hybridized carbons (Fsp3) is 0.647. The Hall–Kier alpha value is -1.22. The molecule has 20 heavy (non-hydrogen) atoms. The second kappa shape index (κ2) is 4.39. The van der Waals surface area contributed by atoms with Crippen LogP contribution in [0.15, 0.2) is 0 Å². The second-order valence-corrected chi connectivity index (χ2v) is 7.70. The average Bonchev–Trinajstić information content (AvgIpc) is 2.54. The SMILES string of the molecule is Cc1c(C)c2c(c(C)c1O)C(C[N+](C)(C)C)C(C)(C)O2. The van der Waals surface area contributed by atoms with E-state index in [1.54, 1.807) is 0 Å². The lowest BCUT2D eigenvalue weighted by Gasteiger charge is -2.33. The van der Waals surface area contributed by atoms with Gasteiger partial charge in [0.1, 0.15) is 17.1 Å². The monoisotopic (exact) mass is 278 g/mol. The van der Waals surface area contributed by atoms with Crippen molar-refractivity contribution in [2.75, 3.05) is 27.7 Å². The zero-order valence-corrected chi connectivity index (χ0v) is 14.1. The third-order valence-electron chi connectivity index (χ3n) is 4.55. The summed E-state index contributed by atoms with van der Waals surface area (Å²) in [5.74, 6) is 1.71. The zero-order chi connectivity index (χ0) is 15.5. The Morgan fingerprint density at radius 3 is 2.10 bits per heavy atom. The molecule has 112 valence electrons. The summed E-state index contributed by atoms with van der Waals surface area (Å²) in [5.41, 5.74) is 3.95. The first-order valence-corrected chi connectivity index (χ1v) is 7.28. The molecule has 0 fully saturated rings. The van der Waals surface area contributed by atoms with Crippen LogP contribution in [0.5, 0.6) is 11.5 Å². The second-order valence-electron chi connectivity index (χ2n) is 7.70. The summed E-state index contributed by atoms with van der Waals surface area (Å²) in [4.78, 5) is 0. The first-order valence-electron chi connectivity index (χ1n) is 7.28. The molecule has 1 heterocycles. The number of hydrogen-bond acceptors (Lipinski definition) is 2. The van der Waals surface area contributed by atoms with Crippen molar-refractivity contribution in [2.24, 2.45) is 0 Å². The molecule has 3 heteroatoms. The highest BCUT2D eigenvalue weighted by Crippen LogP contribution is 2.51. The Morgan fingerprint density at radius 1 is 1.05 bits per heavy atom. The third kappa shape index (κ3) is 2.28. The molecule has 1 aliphatic heterocycles. The Bertz CT molecular complexity index is 553. The summed E-state index contributed by atoms with van der Waals surface area (Å²) in [6.45, 7) is 11.3. The summed E-state index contributed by atoms with van der Waals surface area (Å²) >= 11 is 0. The van der Waals surface area contributed by atoms with E-state index in [4.69, 9.17) is 4.74 Å². The molecule has 0 saturated carbocycles. The maximum atomic E-state index is 10.4. The van der Waals surface area contributed by atoms with E-state index in [9.17, 15) is 5.11 Å². The minimum absolute atomic E-state index is 0.233. The summed E-state index contributed by atoms with van der Waals surface area (Å²) in [7, 11) is 6.60. The molecule has 0 amide bonds. The summed E-state index contributed by atoms with van der Waals surface area (Å²) in [6.07, 6.45) is 0. The van der Waals surface area contributed by atoms with Crippen LogP contribution in [0, 0.1) is 20.8 Å². The highest BCUT2D eigenvalue weighted by atomic mass is 16.5. The molecule has 0 aliphatic carbocycles. The van der Waals surface area contributed by atoms with Gasteiger partial charge in [0, 0.05) is 5.56 Å². The number of fused-ring (bicyclic) bond motifs is 1. The van der Waals surface area contributed by atoms with E-state index >= 15 is 0 Å². The van der Waals surface area contributed by atoms with Gasteiger partial charge in [-0.2, -0.15) is 0 Å². The molecule has 0 spiro atoms. The van der Waals surface area contributed by atoms with Gasteiger partial charge in [0.25, 0.3) is 0 Å². The smallest absolute Gasteiger partial charge is 0.127 e. The van der Waals surface area contributed by atoms with Crippen LogP contribution in [0.2, 0.25) is 0 Å². The molecule has 1 aromatic rings. The summed E-state index contributed by atoms with van der Waals surface area (Å²) in [5, 5.41) is 10.4. The maximum absolute atomic E-state index is 10.4. The Balaban J connectivity index is 2.65. The number of benzene rings is 1. The highest BCUT2D eigenvalue weighted by Gasteiger charge is 2.46. The maximum Gasteiger partial charge on any atom is 0.127 e. The van der Waals surface area contributed by atoms with Crippen molar-refractivity contribution in [2.45, 2.75) is 46.1 Å². The predicted molar refractivity (Wildman–Crippen MR) is 82.7 cm³/mol. The molecule has 0 radical (unpaired) electrons. The fourth-order valence-corrected chi connectivity index (χ4v) is 3.22. The minimum atomic E-state index is -0.233. The lowest BCUT2D eigenvalue weighted by Crippen LogP contribution is -2.44. The molecule has 1 aliphatic rings. The van der Waals surface area contributed by atoms with Gasteiger partial charge in [0.15, 0.2) is 0 Å². The van der Waals surface area contributed by atoms with Crippen LogP contribution >= 0.6 is 0 Å². The largest absolute Gasteiger partial charge is 0.507 e. The Kier molecular flexibility index (Phi) is 3.33. The quantitative estimate of drug-likeness (QED) is 0.841. The normalized spacial score (nSPS) is 20.7. The molecule has 1 atom stereocenters. The summed E-state index contributed by atoms with van der Waals surface area (Å²) < 4.78 is 7.16. The molecular formula is C17H28NO2+. The topological polar surface area (TPSA) is 29.5 Å². The van der Waals surface area contributed by atoms with Crippen LogP contribution in [0.3, 0.4) is 0 Å². The van der Waals surface area contributed by atoms with Crippen molar-refractivity contribution in [1.82, 2.24) is 0 Å². The molecule has 0 saturated heterocycles. The van der Waals surface area contributed by atoms with Crippen LogP contribution in [0.1, 0.15) is 42.0 Å². The van der Waals surface area contributed by atoms with Crippen LogP contribution in [0.4, 0.5) is 0 Å². The van der Waals surface area contributed by atoms with E-state index in [1.807, 2.05) is 20.8 Å². The van der Waals surface area contributed by atoms with Gasteiger partial charge in [0.2, 0.25) is 0 Å². The van der Waals surface area contributed by atoms with Gasteiger partial charge in [-0.3, -0.25) is 0 Å². The number of phenolic OH excluding ortho intramolecular Hbond substituents is 1. The molecule has 1 unspecified atom stereocenters. The lowest BCUT2D eigenvalue weighted by atomic mass is 9.82. The number of likely N-dealkylation sites (N-methyl/N-ethyl adjacent to an activating group) is 1. The van der Waals surface area contributed by atoms with Crippen LogP contribution in [-0.2, 0) is 0 Å². The van der Waals surface area contributed by atoms with Gasteiger partial charge in [0.05, 0.1) is 33.6 Å². The third-order valence-corrected chi connectivity index (χ3v) is 4.55. The number of nitrogens with zero attached hydrogens (tertiary/aromatic N) is 1. The number of hydrogen-bond donors (Lipinski definition) is 1. The number of ether oxygens (including phenoxy) is 1. The molecule has 1 N–H and O–H groups in total. The van der Waals surface area contributed by atoms with E-state index in [1.165, 1.54) is 5.56 Å². The predicted octanol–water partition coefficient (Wildman–Crippen LogP) is 3.28. The fourth-order valence-electron chi connectivity index (χ4n) is 3.22.